The van der Waals surface area contributed by atoms with Gasteiger partial charge in [-0.15, -0.1) is 0 Å². The zero-order chi connectivity index (χ0) is 17.8. The second-order valence-electron chi connectivity index (χ2n) is 4.99. The van der Waals surface area contributed by atoms with Crippen molar-refractivity contribution in [3.63, 3.8) is 0 Å². The van der Waals surface area contributed by atoms with Gasteiger partial charge >= 0.3 is 0 Å². The van der Waals surface area contributed by atoms with Crippen LogP contribution in [0.15, 0.2) is 35.4 Å². The number of nitrogens with one attached hydrogen (secondary N) is 1. The number of halogens is 1. The smallest absolute Gasteiger partial charge is 0.275 e. The van der Waals surface area contributed by atoms with Crippen molar-refractivity contribution < 1.29 is 23.7 Å². The van der Waals surface area contributed by atoms with Crippen LogP contribution in [0.4, 0.5) is 0 Å². The molecule has 0 atom stereocenters. The summed E-state index contributed by atoms with van der Waals surface area (Å²) in [6.45, 7) is 0.153. The fraction of sp³-hybridized carbons (Fsp3) is 0.176. The number of hydrogen-bond donors (Lipinski definition) is 1. The summed E-state index contributed by atoms with van der Waals surface area (Å²) in [4.78, 5) is 12.3. The lowest BCUT2D eigenvalue weighted by Gasteiger charge is -2.09. The number of amides is 1. The Hall–Kier alpha value is -2.93. The number of carbonyl (C=O) groups excluding carboxylic acids is 1. The van der Waals surface area contributed by atoms with Crippen molar-refractivity contribution in [2.24, 2.45) is 5.10 Å². The van der Waals surface area contributed by atoms with Gasteiger partial charge in [0.05, 0.1) is 31.0 Å². The number of carbonyl (C=O) groups is 1. The maximum absolute atomic E-state index is 12.3. The molecule has 1 aliphatic heterocycles. The molecule has 1 aliphatic rings. The third-order valence-electron chi connectivity index (χ3n) is 3.51. The quantitative estimate of drug-likeness (QED) is 0.653. The van der Waals surface area contributed by atoms with Crippen LogP contribution in [-0.4, -0.2) is 33.1 Å². The molecule has 0 saturated carbocycles. The minimum absolute atomic E-state index is 0.153. The van der Waals surface area contributed by atoms with Gasteiger partial charge in [-0.2, -0.15) is 5.10 Å². The molecule has 2 aromatic carbocycles. The third kappa shape index (κ3) is 3.61. The lowest BCUT2D eigenvalue weighted by Crippen LogP contribution is -2.18. The Bertz CT molecular complexity index is 838. The first-order valence-electron chi connectivity index (χ1n) is 7.27. The zero-order valence-electron chi connectivity index (χ0n) is 13.5. The Kier molecular flexibility index (Phi) is 4.95. The van der Waals surface area contributed by atoms with Gasteiger partial charge < -0.3 is 18.9 Å². The van der Waals surface area contributed by atoms with Crippen LogP contribution in [0.1, 0.15) is 15.9 Å². The van der Waals surface area contributed by atoms with E-state index in [4.69, 9.17) is 30.5 Å². The Labute approximate surface area is 149 Å². The number of rotatable bonds is 5. The molecule has 1 amide bonds. The maximum atomic E-state index is 12.3. The highest BCUT2D eigenvalue weighted by atomic mass is 35.5. The van der Waals surface area contributed by atoms with Crippen LogP contribution in [0.5, 0.6) is 23.0 Å². The molecule has 0 spiro atoms. The van der Waals surface area contributed by atoms with Gasteiger partial charge in [0.1, 0.15) is 11.5 Å². The summed E-state index contributed by atoms with van der Waals surface area (Å²) >= 11 is 6.15. The summed E-state index contributed by atoms with van der Waals surface area (Å²) < 4.78 is 20.8. The SMILES string of the molecule is COc1ccc(C(=O)NN=Cc2cc3c(cc2Cl)OCO3)c(OC)c1. The Morgan fingerprint density at radius 1 is 1.20 bits per heavy atom. The Morgan fingerprint density at radius 2 is 1.96 bits per heavy atom. The highest BCUT2D eigenvalue weighted by Gasteiger charge is 2.16. The van der Waals surface area contributed by atoms with Crippen LogP contribution < -0.4 is 24.4 Å². The molecule has 0 bridgehead atoms. The van der Waals surface area contributed by atoms with E-state index in [1.165, 1.54) is 20.4 Å². The zero-order valence-corrected chi connectivity index (χ0v) is 14.3. The number of benzene rings is 2. The van der Waals surface area contributed by atoms with Crippen molar-refractivity contribution >= 4 is 23.7 Å². The molecule has 25 heavy (non-hydrogen) atoms. The molecule has 0 saturated heterocycles. The van der Waals surface area contributed by atoms with E-state index in [2.05, 4.69) is 10.5 Å². The van der Waals surface area contributed by atoms with E-state index in [0.717, 1.165) is 0 Å². The normalized spacial score (nSPS) is 12.3. The van der Waals surface area contributed by atoms with Gasteiger partial charge in [0.15, 0.2) is 11.5 Å². The Morgan fingerprint density at radius 3 is 2.68 bits per heavy atom. The lowest BCUT2D eigenvalue weighted by atomic mass is 10.2. The minimum Gasteiger partial charge on any atom is -0.497 e. The predicted molar refractivity (Wildman–Crippen MR) is 92.2 cm³/mol. The number of hydrazone groups is 1. The highest BCUT2D eigenvalue weighted by Crippen LogP contribution is 2.36. The molecule has 7 nitrogen and oxygen atoms in total. The van der Waals surface area contributed by atoms with Gasteiger partial charge in [-0.1, -0.05) is 11.6 Å². The monoisotopic (exact) mass is 362 g/mol. The van der Waals surface area contributed by atoms with E-state index in [1.54, 1.807) is 30.3 Å². The predicted octanol–water partition coefficient (Wildman–Crippen LogP) is 2.85. The molecule has 0 radical (unpaired) electrons. The van der Waals surface area contributed by atoms with Crippen LogP contribution in [0.2, 0.25) is 5.02 Å². The van der Waals surface area contributed by atoms with E-state index in [1.807, 2.05) is 0 Å². The number of nitrogens with zero attached hydrogens (tertiary/aromatic N) is 1. The molecule has 3 rings (SSSR count). The fourth-order valence-corrected chi connectivity index (χ4v) is 2.44. The fourth-order valence-electron chi connectivity index (χ4n) is 2.24. The van der Waals surface area contributed by atoms with Crippen molar-refractivity contribution in [3.05, 3.63) is 46.5 Å². The topological polar surface area (TPSA) is 78.4 Å². The number of ether oxygens (including phenoxy) is 4. The first-order chi connectivity index (χ1) is 12.1. The summed E-state index contributed by atoms with van der Waals surface area (Å²) in [5.41, 5.74) is 3.35. The van der Waals surface area contributed by atoms with Crippen LogP contribution in [-0.2, 0) is 0 Å². The van der Waals surface area contributed by atoms with Crippen LogP contribution in [0.3, 0.4) is 0 Å². The molecule has 0 aromatic heterocycles. The average molecular weight is 363 g/mol. The highest BCUT2D eigenvalue weighted by molar-refractivity contribution is 6.33. The molecule has 2 aromatic rings. The molecule has 1 N–H and O–H groups in total. The maximum Gasteiger partial charge on any atom is 0.275 e. The van der Waals surface area contributed by atoms with Gasteiger partial charge in [-0.05, 0) is 18.2 Å². The molecule has 130 valence electrons. The summed E-state index contributed by atoms with van der Waals surface area (Å²) in [7, 11) is 3.01. The van der Waals surface area contributed by atoms with Crippen LogP contribution in [0, 0.1) is 0 Å². The van der Waals surface area contributed by atoms with Gasteiger partial charge in [0.2, 0.25) is 6.79 Å². The summed E-state index contributed by atoms with van der Waals surface area (Å²) in [5, 5.41) is 4.36. The van der Waals surface area contributed by atoms with Crippen LogP contribution >= 0.6 is 11.6 Å². The molecule has 0 aliphatic carbocycles. The van der Waals surface area contributed by atoms with Crippen molar-refractivity contribution in [1.82, 2.24) is 5.43 Å². The van der Waals surface area contributed by atoms with Gasteiger partial charge in [-0.25, -0.2) is 5.43 Å². The van der Waals surface area contributed by atoms with Crippen molar-refractivity contribution in [2.45, 2.75) is 0 Å². The largest absolute Gasteiger partial charge is 0.497 e. The molecule has 1 heterocycles. The summed E-state index contributed by atoms with van der Waals surface area (Å²) in [5.74, 6) is 1.70. The van der Waals surface area contributed by atoms with Gasteiger partial charge in [0, 0.05) is 17.7 Å². The average Bonchev–Trinajstić information content (AvgIpc) is 3.08. The number of hydrogen-bond acceptors (Lipinski definition) is 6. The van der Waals surface area contributed by atoms with E-state index < -0.39 is 5.91 Å². The van der Waals surface area contributed by atoms with E-state index in [-0.39, 0.29) is 6.79 Å². The first-order valence-corrected chi connectivity index (χ1v) is 7.64. The molecule has 0 fully saturated rings. The van der Waals surface area contributed by atoms with E-state index in [0.29, 0.717) is 39.1 Å². The van der Waals surface area contributed by atoms with Crippen LogP contribution in [0.25, 0.3) is 0 Å². The van der Waals surface area contributed by atoms with Gasteiger partial charge in [0.25, 0.3) is 5.91 Å². The number of fused-ring (bicyclic) bond motifs is 1. The second kappa shape index (κ2) is 7.31. The molecular weight excluding hydrogens is 348 g/mol. The third-order valence-corrected chi connectivity index (χ3v) is 3.84. The number of methoxy groups -OCH3 is 2. The van der Waals surface area contributed by atoms with Crippen molar-refractivity contribution in [2.75, 3.05) is 21.0 Å². The molecule has 0 unspecified atom stereocenters. The summed E-state index contributed by atoms with van der Waals surface area (Å²) in [6, 6.07) is 8.20. The standard InChI is InChI=1S/C17H15ClN2O5/c1-22-11-3-4-12(14(6-11)23-2)17(21)20-19-8-10-5-15-16(7-13(10)18)25-9-24-15/h3-8H,9H2,1-2H3,(H,20,21). The van der Waals surface area contributed by atoms with Gasteiger partial charge in [-0.3, -0.25) is 4.79 Å². The van der Waals surface area contributed by atoms with E-state index in [9.17, 15) is 4.79 Å². The van der Waals surface area contributed by atoms with Crippen molar-refractivity contribution in [3.8, 4) is 23.0 Å². The molecular formula is C17H15ClN2O5. The molecule has 8 heteroatoms. The second-order valence-corrected chi connectivity index (χ2v) is 5.40. The minimum atomic E-state index is -0.424. The van der Waals surface area contributed by atoms with Crippen molar-refractivity contribution in [1.29, 1.82) is 0 Å². The summed E-state index contributed by atoms with van der Waals surface area (Å²) in [6.07, 6.45) is 1.43. The first kappa shape index (κ1) is 16.9. The lowest BCUT2D eigenvalue weighted by molar-refractivity contribution is 0.0952. The van der Waals surface area contributed by atoms with E-state index >= 15 is 0 Å². The Balaban J connectivity index is 1.73.